The number of amides is 2. The Morgan fingerprint density at radius 3 is 2.56 bits per heavy atom. The summed E-state index contributed by atoms with van der Waals surface area (Å²) < 4.78 is 1.05. The molecule has 2 rings (SSSR count). The van der Waals surface area contributed by atoms with Crippen LogP contribution in [-0.2, 0) is 11.3 Å². The largest absolute Gasteiger partial charge is 0.490 e. The zero-order chi connectivity index (χ0) is 18.6. The average molecular weight is 346 g/mol. The van der Waals surface area contributed by atoms with Crippen molar-refractivity contribution in [2.45, 2.75) is 32.9 Å². The maximum absolute atomic E-state index is 12.3. The molecule has 10 heteroatoms. The standard InChI is InChI=1S/C15H18N6O4/c1-15(2,3)18-13(23)10-6-4-5-7-11(10)17-12(22)8-20-9-16-14(19-20)21(24)25/h4-7,9H,8H2,1-3H3,(H,17,22)(H,18,23). The quantitative estimate of drug-likeness (QED) is 0.620. The molecule has 0 bridgehead atoms. The highest BCUT2D eigenvalue weighted by Crippen LogP contribution is 2.16. The van der Waals surface area contributed by atoms with Gasteiger partial charge in [-0.15, -0.1) is 0 Å². The van der Waals surface area contributed by atoms with Crippen LogP contribution in [0.15, 0.2) is 30.6 Å². The normalized spacial score (nSPS) is 11.0. The molecule has 2 N–H and O–H groups in total. The van der Waals surface area contributed by atoms with Crippen molar-refractivity contribution in [1.82, 2.24) is 20.1 Å². The Bertz CT molecular complexity index is 808. The number of para-hydroxylation sites is 1. The molecule has 132 valence electrons. The SMILES string of the molecule is CC(C)(C)NC(=O)c1ccccc1NC(=O)Cn1cnc([N+](=O)[O-])n1. The van der Waals surface area contributed by atoms with Crippen LogP contribution >= 0.6 is 0 Å². The first kappa shape index (κ1) is 18.0. The first-order chi connectivity index (χ1) is 11.7. The van der Waals surface area contributed by atoms with E-state index in [1.165, 1.54) is 0 Å². The topological polar surface area (TPSA) is 132 Å². The smallest absolute Gasteiger partial charge is 0.390 e. The summed E-state index contributed by atoms with van der Waals surface area (Å²) in [5, 5.41) is 19.5. The average Bonchev–Trinajstić information content (AvgIpc) is 2.94. The third-order valence-electron chi connectivity index (χ3n) is 2.93. The molecular formula is C15H18N6O4. The van der Waals surface area contributed by atoms with Gasteiger partial charge < -0.3 is 20.7 Å². The molecule has 0 radical (unpaired) electrons. The summed E-state index contributed by atoms with van der Waals surface area (Å²) in [5.74, 6) is -1.40. The first-order valence-electron chi connectivity index (χ1n) is 7.41. The number of hydrogen-bond donors (Lipinski definition) is 2. The van der Waals surface area contributed by atoms with Gasteiger partial charge in [-0.25, -0.2) is 0 Å². The number of rotatable bonds is 5. The third kappa shape index (κ3) is 5.09. The van der Waals surface area contributed by atoms with Gasteiger partial charge in [0.15, 0.2) is 0 Å². The molecule has 0 spiro atoms. The summed E-state index contributed by atoms with van der Waals surface area (Å²) in [6, 6.07) is 6.56. The van der Waals surface area contributed by atoms with Gasteiger partial charge in [0, 0.05) is 10.6 Å². The van der Waals surface area contributed by atoms with E-state index in [0.29, 0.717) is 11.3 Å². The molecule has 0 fully saturated rings. The molecule has 1 aromatic carbocycles. The Morgan fingerprint density at radius 2 is 1.96 bits per heavy atom. The van der Waals surface area contributed by atoms with E-state index < -0.39 is 22.3 Å². The minimum Gasteiger partial charge on any atom is -0.390 e. The molecule has 25 heavy (non-hydrogen) atoms. The Hall–Kier alpha value is -3.30. The van der Waals surface area contributed by atoms with Crippen molar-refractivity contribution >= 4 is 23.5 Å². The molecule has 1 heterocycles. The highest BCUT2D eigenvalue weighted by molar-refractivity contribution is 6.03. The fraction of sp³-hybridized carbons (Fsp3) is 0.333. The number of nitrogens with one attached hydrogen (secondary N) is 2. The predicted molar refractivity (Wildman–Crippen MR) is 89.0 cm³/mol. The number of carbonyl (C=O) groups is 2. The van der Waals surface area contributed by atoms with Crippen molar-refractivity contribution in [2.75, 3.05) is 5.32 Å². The number of benzene rings is 1. The minimum atomic E-state index is -0.749. The number of hydrogen-bond acceptors (Lipinski definition) is 6. The lowest BCUT2D eigenvalue weighted by molar-refractivity contribution is -0.394. The van der Waals surface area contributed by atoms with Crippen LogP contribution in [0, 0.1) is 10.1 Å². The number of anilines is 1. The van der Waals surface area contributed by atoms with Crippen molar-refractivity contribution < 1.29 is 14.5 Å². The van der Waals surface area contributed by atoms with Gasteiger partial charge in [-0.2, -0.15) is 4.68 Å². The van der Waals surface area contributed by atoms with Crippen molar-refractivity contribution in [2.24, 2.45) is 0 Å². The highest BCUT2D eigenvalue weighted by atomic mass is 16.6. The summed E-state index contributed by atoms with van der Waals surface area (Å²) in [7, 11) is 0. The Morgan fingerprint density at radius 1 is 1.28 bits per heavy atom. The molecular weight excluding hydrogens is 328 g/mol. The highest BCUT2D eigenvalue weighted by Gasteiger charge is 2.20. The summed E-state index contributed by atoms with van der Waals surface area (Å²) in [6.07, 6.45) is 1.09. The molecule has 0 aliphatic heterocycles. The minimum absolute atomic E-state index is 0.268. The lowest BCUT2D eigenvalue weighted by atomic mass is 10.1. The molecule has 0 saturated carbocycles. The van der Waals surface area contributed by atoms with E-state index in [0.717, 1.165) is 11.0 Å². The van der Waals surface area contributed by atoms with Gasteiger partial charge in [-0.05, 0) is 37.8 Å². The van der Waals surface area contributed by atoms with Crippen LogP contribution in [0.1, 0.15) is 31.1 Å². The first-order valence-corrected chi connectivity index (χ1v) is 7.41. The van der Waals surface area contributed by atoms with E-state index in [1.807, 2.05) is 20.8 Å². The second kappa shape index (κ2) is 7.07. The number of carbonyl (C=O) groups excluding carboxylic acids is 2. The van der Waals surface area contributed by atoms with Crippen molar-refractivity contribution in [3.63, 3.8) is 0 Å². The molecule has 0 saturated heterocycles. The molecule has 0 atom stereocenters. The molecule has 10 nitrogen and oxygen atoms in total. The zero-order valence-electron chi connectivity index (χ0n) is 14.0. The second-order valence-corrected chi connectivity index (χ2v) is 6.30. The van der Waals surface area contributed by atoms with Crippen LogP contribution in [0.2, 0.25) is 0 Å². The maximum atomic E-state index is 12.3. The van der Waals surface area contributed by atoms with Crippen LogP contribution in [0.3, 0.4) is 0 Å². The van der Waals surface area contributed by atoms with Gasteiger partial charge in [0.05, 0.1) is 11.3 Å². The van der Waals surface area contributed by atoms with E-state index in [-0.39, 0.29) is 12.5 Å². The van der Waals surface area contributed by atoms with Crippen LogP contribution in [0.25, 0.3) is 0 Å². The monoisotopic (exact) mass is 346 g/mol. The second-order valence-electron chi connectivity index (χ2n) is 6.30. The molecule has 1 aromatic heterocycles. The van der Waals surface area contributed by atoms with Gasteiger partial charge in [-0.1, -0.05) is 17.1 Å². The van der Waals surface area contributed by atoms with E-state index in [4.69, 9.17) is 0 Å². The van der Waals surface area contributed by atoms with Crippen molar-refractivity contribution in [3.05, 3.63) is 46.3 Å². The third-order valence-corrected chi connectivity index (χ3v) is 2.93. The maximum Gasteiger partial charge on any atom is 0.490 e. The van der Waals surface area contributed by atoms with Gasteiger partial charge in [-0.3, -0.25) is 9.59 Å². The Labute approximate surface area is 143 Å². The van der Waals surface area contributed by atoms with Gasteiger partial charge >= 0.3 is 5.95 Å². The summed E-state index contributed by atoms with van der Waals surface area (Å²) in [4.78, 5) is 37.7. The fourth-order valence-corrected chi connectivity index (χ4v) is 1.98. The lowest BCUT2D eigenvalue weighted by Crippen LogP contribution is -2.40. The van der Waals surface area contributed by atoms with Crippen molar-refractivity contribution in [3.8, 4) is 0 Å². The Balaban J connectivity index is 2.10. The van der Waals surface area contributed by atoms with Crippen molar-refractivity contribution in [1.29, 1.82) is 0 Å². The van der Waals surface area contributed by atoms with E-state index in [1.54, 1.807) is 24.3 Å². The van der Waals surface area contributed by atoms with Crippen LogP contribution in [-0.4, -0.2) is 37.0 Å². The number of nitrogens with zero attached hydrogens (tertiary/aromatic N) is 4. The summed E-state index contributed by atoms with van der Waals surface area (Å²) in [6.45, 7) is 5.28. The zero-order valence-corrected chi connectivity index (χ0v) is 14.0. The van der Waals surface area contributed by atoms with Crippen LogP contribution in [0.5, 0.6) is 0 Å². The molecule has 0 aliphatic carbocycles. The Kier molecular flexibility index (Phi) is 5.11. The molecule has 0 aliphatic rings. The van der Waals surface area contributed by atoms with Crippen LogP contribution < -0.4 is 10.6 Å². The van der Waals surface area contributed by atoms with Gasteiger partial charge in [0.25, 0.3) is 5.91 Å². The van der Waals surface area contributed by atoms with E-state index in [2.05, 4.69) is 20.7 Å². The molecule has 2 amide bonds. The summed E-state index contributed by atoms with van der Waals surface area (Å²) in [5.41, 5.74) is 0.229. The predicted octanol–water partition coefficient (Wildman–Crippen LogP) is 1.35. The fourth-order valence-electron chi connectivity index (χ4n) is 1.98. The number of aromatic nitrogens is 3. The number of nitro groups is 1. The lowest BCUT2D eigenvalue weighted by Gasteiger charge is -2.21. The van der Waals surface area contributed by atoms with Crippen LogP contribution in [0.4, 0.5) is 11.6 Å². The van der Waals surface area contributed by atoms with Gasteiger partial charge in [0.1, 0.15) is 6.54 Å². The van der Waals surface area contributed by atoms with E-state index >= 15 is 0 Å². The molecule has 2 aromatic rings. The molecule has 0 unspecified atom stereocenters. The van der Waals surface area contributed by atoms with E-state index in [9.17, 15) is 19.7 Å². The summed E-state index contributed by atoms with van der Waals surface area (Å²) >= 11 is 0. The van der Waals surface area contributed by atoms with Gasteiger partial charge in [0.2, 0.25) is 12.2 Å².